The fourth-order valence-electron chi connectivity index (χ4n) is 3.50. The monoisotopic (exact) mass is 237 g/mol. The fraction of sp³-hybridized carbons (Fsp3) is 1.00. The van der Waals surface area contributed by atoms with Crippen molar-refractivity contribution in [2.75, 3.05) is 6.54 Å². The van der Waals surface area contributed by atoms with E-state index in [4.69, 9.17) is 0 Å². The lowest BCUT2D eigenvalue weighted by atomic mass is 9.75. The van der Waals surface area contributed by atoms with Crippen LogP contribution in [0.3, 0.4) is 0 Å². The lowest BCUT2D eigenvalue weighted by Crippen LogP contribution is -2.44. The summed E-state index contributed by atoms with van der Waals surface area (Å²) in [5, 5.41) is 3.76. The third-order valence-electron chi connectivity index (χ3n) is 4.82. The molecule has 0 aliphatic heterocycles. The van der Waals surface area contributed by atoms with Gasteiger partial charge in [-0.05, 0) is 57.3 Å². The van der Waals surface area contributed by atoms with Crippen LogP contribution in [-0.2, 0) is 0 Å². The van der Waals surface area contributed by atoms with Crippen molar-refractivity contribution in [3.05, 3.63) is 0 Å². The second kappa shape index (κ2) is 4.91. The van der Waals surface area contributed by atoms with Crippen molar-refractivity contribution in [2.24, 2.45) is 17.3 Å². The van der Waals surface area contributed by atoms with Crippen LogP contribution in [0.1, 0.15) is 72.6 Å². The molecule has 0 spiro atoms. The van der Waals surface area contributed by atoms with E-state index in [1.165, 1.54) is 51.5 Å². The molecule has 0 heterocycles. The molecule has 0 saturated heterocycles. The van der Waals surface area contributed by atoms with Crippen molar-refractivity contribution in [1.29, 1.82) is 0 Å². The van der Waals surface area contributed by atoms with Gasteiger partial charge in [0.2, 0.25) is 0 Å². The molecule has 1 unspecified atom stereocenters. The first-order valence-electron chi connectivity index (χ1n) is 7.64. The van der Waals surface area contributed by atoms with Crippen LogP contribution in [0, 0.1) is 17.3 Å². The Hall–Kier alpha value is -0.0400. The molecule has 0 aromatic rings. The van der Waals surface area contributed by atoms with E-state index in [9.17, 15) is 0 Å². The van der Waals surface area contributed by atoms with E-state index in [1.807, 2.05) is 0 Å². The summed E-state index contributed by atoms with van der Waals surface area (Å²) in [6.45, 7) is 10.6. The Morgan fingerprint density at radius 3 is 2.00 bits per heavy atom. The van der Waals surface area contributed by atoms with Crippen LogP contribution in [0.15, 0.2) is 0 Å². The lowest BCUT2D eigenvalue weighted by Gasteiger charge is -2.36. The second-order valence-electron chi connectivity index (χ2n) is 7.89. The normalized spacial score (nSPS) is 26.1. The van der Waals surface area contributed by atoms with E-state index < -0.39 is 0 Å². The Morgan fingerprint density at radius 2 is 1.53 bits per heavy atom. The van der Waals surface area contributed by atoms with Crippen LogP contribution in [0.25, 0.3) is 0 Å². The Kier molecular flexibility index (Phi) is 3.87. The zero-order valence-corrected chi connectivity index (χ0v) is 12.3. The van der Waals surface area contributed by atoms with Gasteiger partial charge in [0.25, 0.3) is 0 Å². The Morgan fingerprint density at radius 1 is 0.941 bits per heavy atom. The maximum absolute atomic E-state index is 3.76. The molecule has 100 valence electrons. The summed E-state index contributed by atoms with van der Waals surface area (Å²) >= 11 is 0. The predicted octanol–water partition coefficient (Wildman–Crippen LogP) is 4.37. The first-order valence-corrected chi connectivity index (χ1v) is 7.64. The van der Waals surface area contributed by atoms with Crippen molar-refractivity contribution in [3.63, 3.8) is 0 Å². The first-order chi connectivity index (χ1) is 7.89. The minimum atomic E-state index is 0.270. The van der Waals surface area contributed by atoms with Gasteiger partial charge in [0, 0.05) is 12.1 Å². The number of hydrogen-bond acceptors (Lipinski definition) is 1. The molecule has 2 saturated carbocycles. The van der Waals surface area contributed by atoms with Crippen LogP contribution < -0.4 is 5.32 Å². The zero-order valence-electron chi connectivity index (χ0n) is 12.3. The van der Waals surface area contributed by atoms with Crippen LogP contribution in [0.5, 0.6) is 0 Å². The lowest BCUT2D eigenvalue weighted by molar-refractivity contribution is 0.178. The average Bonchev–Trinajstić information content (AvgIpc) is 2.97. The van der Waals surface area contributed by atoms with Gasteiger partial charge < -0.3 is 5.32 Å². The van der Waals surface area contributed by atoms with E-state index >= 15 is 0 Å². The van der Waals surface area contributed by atoms with Crippen LogP contribution in [0.2, 0.25) is 0 Å². The summed E-state index contributed by atoms with van der Waals surface area (Å²) in [6.07, 6.45) is 10.4. The van der Waals surface area contributed by atoms with Crippen molar-refractivity contribution in [2.45, 2.75) is 78.2 Å². The molecular formula is C16H31N. The summed E-state index contributed by atoms with van der Waals surface area (Å²) in [4.78, 5) is 0. The second-order valence-corrected chi connectivity index (χ2v) is 7.89. The highest BCUT2D eigenvalue weighted by molar-refractivity contribution is 4.95. The van der Waals surface area contributed by atoms with Crippen molar-refractivity contribution in [1.82, 2.24) is 5.32 Å². The van der Waals surface area contributed by atoms with Crippen molar-refractivity contribution >= 4 is 0 Å². The van der Waals surface area contributed by atoms with E-state index in [-0.39, 0.29) is 5.54 Å². The summed E-state index contributed by atoms with van der Waals surface area (Å²) in [7, 11) is 0. The molecule has 0 radical (unpaired) electrons. The molecule has 1 atom stereocenters. The molecule has 0 bridgehead atoms. The molecule has 1 nitrogen and oxygen atoms in total. The van der Waals surface area contributed by atoms with E-state index in [1.54, 1.807) is 0 Å². The molecule has 1 heteroatoms. The van der Waals surface area contributed by atoms with Crippen molar-refractivity contribution < 1.29 is 0 Å². The Labute approximate surface area is 108 Å². The van der Waals surface area contributed by atoms with Gasteiger partial charge in [-0.25, -0.2) is 0 Å². The minimum Gasteiger partial charge on any atom is -0.312 e. The van der Waals surface area contributed by atoms with Gasteiger partial charge in [0.1, 0.15) is 0 Å². The molecule has 1 N–H and O–H groups in total. The topological polar surface area (TPSA) is 12.0 Å². The molecule has 2 rings (SSSR count). The highest BCUT2D eigenvalue weighted by Crippen LogP contribution is 2.50. The van der Waals surface area contributed by atoms with Crippen LogP contribution >= 0.6 is 0 Å². The zero-order chi connectivity index (χ0) is 12.5. The van der Waals surface area contributed by atoms with E-state index in [0.717, 1.165) is 11.8 Å². The van der Waals surface area contributed by atoms with E-state index in [2.05, 4.69) is 33.0 Å². The number of nitrogens with one attached hydrogen (secondary N) is 1. The third-order valence-corrected chi connectivity index (χ3v) is 4.82. The van der Waals surface area contributed by atoms with Gasteiger partial charge in [-0.15, -0.1) is 0 Å². The van der Waals surface area contributed by atoms with Gasteiger partial charge in [0.15, 0.2) is 0 Å². The SMILES string of the molecule is CC(C)(C)NCC(C)(CC1CCCC1)C1CC1. The minimum absolute atomic E-state index is 0.270. The van der Waals surface area contributed by atoms with E-state index in [0.29, 0.717) is 5.41 Å². The first kappa shape index (κ1) is 13.4. The van der Waals surface area contributed by atoms with Gasteiger partial charge in [-0.1, -0.05) is 32.6 Å². The number of rotatable bonds is 5. The Balaban J connectivity index is 1.89. The molecule has 0 aromatic heterocycles. The molecule has 17 heavy (non-hydrogen) atoms. The van der Waals surface area contributed by atoms with Crippen molar-refractivity contribution in [3.8, 4) is 0 Å². The fourth-order valence-corrected chi connectivity index (χ4v) is 3.50. The van der Waals surface area contributed by atoms with Crippen LogP contribution in [-0.4, -0.2) is 12.1 Å². The summed E-state index contributed by atoms with van der Waals surface area (Å²) in [6, 6.07) is 0. The molecular weight excluding hydrogens is 206 g/mol. The summed E-state index contributed by atoms with van der Waals surface area (Å²) < 4.78 is 0. The van der Waals surface area contributed by atoms with Gasteiger partial charge in [-0.2, -0.15) is 0 Å². The molecule has 0 amide bonds. The number of hydrogen-bond donors (Lipinski definition) is 1. The molecule has 2 aliphatic carbocycles. The van der Waals surface area contributed by atoms with Crippen LogP contribution in [0.4, 0.5) is 0 Å². The molecule has 2 fully saturated rings. The molecule has 2 aliphatic rings. The average molecular weight is 237 g/mol. The highest BCUT2D eigenvalue weighted by Gasteiger charge is 2.43. The van der Waals surface area contributed by atoms with Gasteiger partial charge in [-0.3, -0.25) is 0 Å². The highest BCUT2D eigenvalue weighted by atomic mass is 15.0. The third kappa shape index (κ3) is 3.98. The largest absolute Gasteiger partial charge is 0.312 e. The maximum atomic E-state index is 3.76. The Bertz CT molecular complexity index is 243. The van der Waals surface area contributed by atoms with Gasteiger partial charge >= 0.3 is 0 Å². The standard InChI is InChI=1S/C16H31N/c1-15(2,3)17-12-16(4,14-9-10-14)11-13-7-5-6-8-13/h13-14,17H,5-12H2,1-4H3. The predicted molar refractivity (Wildman–Crippen MR) is 75.2 cm³/mol. The molecule has 0 aromatic carbocycles. The van der Waals surface area contributed by atoms with Gasteiger partial charge in [0.05, 0.1) is 0 Å². The smallest absolute Gasteiger partial charge is 0.00967 e. The quantitative estimate of drug-likeness (QED) is 0.748. The summed E-state index contributed by atoms with van der Waals surface area (Å²) in [5.74, 6) is 2.04. The maximum Gasteiger partial charge on any atom is 0.00967 e. The summed E-state index contributed by atoms with van der Waals surface area (Å²) in [5.41, 5.74) is 0.841.